The normalized spacial score (nSPS) is 12.5. The van der Waals surface area contributed by atoms with Crippen molar-refractivity contribution in [3.05, 3.63) is 50.9 Å². The fraction of sp³-hybridized carbons (Fsp3) is 0.375. The van der Waals surface area contributed by atoms with E-state index in [0.29, 0.717) is 10.7 Å². The maximum atomic E-state index is 12.7. The smallest absolute Gasteiger partial charge is 0.254 e. The molecule has 0 aromatic carbocycles. The Hall–Kier alpha value is -1.39. The molecule has 0 saturated heterocycles. The van der Waals surface area contributed by atoms with Crippen molar-refractivity contribution in [2.75, 3.05) is 7.05 Å². The Labute approximate surface area is 134 Å². The number of amides is 1. The molecule has 2 aromatic heterocycles. The lowest BCUT2D eigenvalue weighted by molar-refractivity contribution is 0.0744. The number of hydrogen-bond donors (Lipinski definition) is 0. The van der Waals surface area contributed by atoms with E-state index in [1.54, 1.807) is 22.3 Å². The van der Waals surface area contributed by atoms with Crippen LogP contribution in [0.1, 0.15) is 53.7 Å². The highest BCUT2D eigenvalue weighted by Crippen LogP contribution is 2.26. The third-order valence-electron chi connectivity index (χ3n) is 3.51. The summed E-state index contributed by atoms with van der Waals surface area (Å²) in [5.41, 5.74) is 1.42. The number of pyridine rings is 1. The van der Waals surface area contributed by atoms with Crippen molar-refractivity contribution in [1.29, 1.82) is 0 Å². The molecule has 5 heteroatoms. The summed E-state index contributed by atoms with van der Waals surface area (Å²) >= 11 is 7.69. The van der Waals surface area contributed by atoms with E-state index in [9.17, 15) is 4.79 Å². The lowest BCUT2D eigenvalue weighted by Crippen LogP contribution is -2.29. The van der Waals surface area contributed by atoms with Crippen molar-refractivity contribution in [1.82, 2.24) is 9.88 Å². The topological polar surface area (TPSA) is 33.2 Å². The van der Waals surface area contributed by atoms with Gasteiger partial charge in [-0.2, -0.15) is 0 Å². The molecule has 0 radical (unpaired) electrons. The van der Waals surface area contributed by atoms with Gasteiger partial charge in [-0.25, -0.2) is 4.98 Å². The number of halogens is 1. The van der Waals surface area contributed by atoms with Crippen molar-refractivity contribution in [2.45, 2.75) is 32.7 Å². The van der Waals surface area contributed by atoms with Crippen molar-refractivity contribution >= 4 is 28.8 Å². The van der Waals surface area contributed by atoms with E-state index < -0.39 is 0 Å². The van der Waals surface area contributed by atoms with Gasteiger partial charge in [0.1, 0.15) is 5.15 Å². The van der Waals surface area contributed by atoms with Gasteiger partial charge in [-0.3, -0.25) is 4.79 Å². The molecule has 0 spiro atoms. The molecule has 1 atom stereocenters. The first-order valence-corrected chi connectivity index (χ1v) is 8.14. The summed E-state index contributed by atoms with van der Waals surface area (Å²) < 4.78 is 0. The van der Waals surface area contributed by atoms with Gasteiger partial charge in [0.25, 0.3) is 5.91 Å². The van der Waals surface area contributed by atoms with Crippen LogP contribution < -0.4 is 0 Å². The van der Waals surface area contributed by atoms with Gasteiger partial charge in [-0.1, -0.05) is 31.5 Å². The minimum Gasteiger partial charge on any atom is -0.334 e. The number of aromatic nitrogens is 1. The zero-order valence-electron chi connectivity index (χ0n) is 12.6. The minimum atomic E-state index is -0.0397. The van der Waals surface area contributed by atoms with Gasteiger partial charge < -0.3 is 4.90 Å². The van der Waals surface area contributed by atoms with Crippen LogP contribution in [-0.2, 0) is 0 Å². The van der Waals surface area contributed by atoms with Gasteiger partial charge in [0.2, 0.25) is 0 Å². The van der Waals surface area contributed by atoms with E-state index in [-0.39, 0.29) is 17.9 Å². The van der Waals surface area contributed by atoms with Crippen LogP contribution in [0.3, 0.4) is 0 Å². The fourth-order valence-corrected chi connectivity index (χ4v) is 3.08. The number of carbonyl (C=O) groups excluding carboxylic acids is 1. The molecular formula is C16H19ClN2OS. The minimum absolute atomic E-state index is 0.0342. The average molecular weight is 323 g/mol. The maximum absolute atomic E-state index is 12.7. The van der Waals surface area contributed by atoms with E-state index in [1.165, 1.54) is 0 Å². The first kappa shape index (κ1) is 16.0. The van der Waals surface area contributed by atoms with Crippen molar-refractivity contribution in [3.8, 4) is 0 Å². The first-order valence-electron chi connectivity index (χ1n) is 6.88. The number of hydrogen-bond acceptors (Lipinski definition) is 3. The molecule has 0 aliphatic carbocycles. The van der Waals surface area contributed by atoms with Crippen LogP contribution in [0.2, 0.25) is 5.15 Å². The van der Waals surface area contributed by atoms with Crippen LogP contribution in [0.25, 0.3) is 0 Å². The lowest BCUT2D eigenvalue weighted by atomic mass is 10.1. The average Bonchev–Trinajstić information content (AvgIpc) is 2.98. The molecule has 1 amide bonds. The van der Waals surface area contributed by atoms with E-state index in [0.717, 1.165) is 10.6 Å². The van der Waals surface area contributed by atoms with Gasteiger partial charge in [-0.05, 0) is 36.4 Å². The van der Waals surface area contributed by atoms with Gasteiger partial charge >= 0.3 is 0 Å². The van der Waals surface area contributed by atoms with E-state index in [1.807, 2.05) is 51.4 Å². The number of thiophene rings is 1. The van der Waals surface area contributed by atoms with Crippen molar-refractivity contribution in [2.24, 2.45) is 0 Å². The molecular weight excluding hydrogens is 304 g/mol. The summed E-state index contributed by atoms with van der Waals surface area (Å²) in [7, 11) is 1.82. The predicted molar refractivity (Wildman–Crippen MR) is 88.2 cm³/mol. The van der Waals surface area contributed by atoms with Crippen molar-refractivity contribution < 1.29 is 4.79 Å². The summed E-state index contributed by atoms with van der Waals surface area (Å²) in [6, 6.07) is 7.53. The molecule has 21 heavy (non-hydrogen) atoms. The Kier molecular flexibility index (Phi) is 5.01. The van der Waals surface area contributed by atoms with Gasteiger partial charge in [-0.15, -0.1) is 11.3 Å². The highest BCUT2D eigenvalue weighted by molar-refractivity contribution is 7.10. The van der Waals surface area contributed by atoms with Gasteiger partial charge in [0.05, 0.1) is 6.04 Å². The molecule has 0 saturated carbocycles. The van der Waals surface area contributed by atoms with E-state index >= 15 is 0 Å². The second kappa shape index (κ2) is 6.58. The molecule has 2 aromatic rings. The fourth-order valence-electron chi connectivity index (χ4n) is 2.04. The SMILES string of the molecule is CC(C)c1cc(C(=O)N(C)C(C)c2cccs2)cc(Cl)n1. The van der Waals surface area contributed by atoms with Crippen LogP contribution in [0.4, 0.5) is 0 Å². The zero-order chi connectivity index (χ0) is 15.6. The van der Waals surface area contributed by atoms with Crippen LogP contribution in [0.5, 0.6) is 0 Å². The van der Waals surface area contributed by atoms with Gasteiger partial charge in [0, 0.05) is 23.2 Å². The summed E-state index contributed by atoms with van der Waals surface area (Å²) in [6.45, 7) is 6.09. The second-order valence-electron chi connectivity index (χ2n) is 5.37. The number of nitrogens with zero attached hydrogens (tertiary/aromatic N) is 2. The third-order valence-corrected chi connectivity index (χ3v) is 4.74. The van der Waals surface area contributed by atoms with E-state index in [4.69, 9.17) is 11.6 Å². The Morgan fingerprint density at radius 2 is 2.05 bits per heavy atom. The van der Waals surface area contributed by atoms with Crippen LogP contribution >= 0.6 is 22.9 Å². The molecule has 0 aliphatic heterocycles. The molecule has 2 heterocycles. The molecule has 0 aliphatic rings. The number of rotatable bonds is 4. The lowest BCUT2D eigenvalue weighted by Gasteiger charge is -2.24. The monoisotopic (exact) mass is 322 g/mol. The van der Waals surface area contributed by atoms with Crippen LogP contribution in [0.15, 0.2) is 29.6 Å². The highest BCUT2D eigenvalue weighted by atomic mass is 35.5. The molecule has 0 bridgehead atoms. The summed E-state index contributed by atoms with van der Waals surface area (Å²) in [4.78, 5) is 19.8. The summed E-state index contributed by atoms with van der Waals surface area (Å²) in [6.07, 6.45) is 0. The highest BCUT2D eigenvalue weighted by Gasteiger charge is 2.21. The molecule has 1 unspecified atom stereocenters. The Balaban J connectivity index is 2.27. The Morgan fingerprint density at radius 1 is 1.33 bits per heavy atom. The second-order valence-corrected chi connectivity index (χ2v) is 6.73. The van der Waals surface area contributed by atoms with Crippen LogP contribution in [0, 0.1) is 0 Å². The van der Waals surface area contributed by atoms with E-state index in [2.05, 4.69) is 4.98 Å². The molecule has 3 nitrogen and oxygen atoms in total. The van der Waals surface area contributed by atoms with Crippen LogP contribution in [-0.4, -0.2) is 22.8 Å². The first-order chi connectivity index (χ1) is 9.90. The van der Waals surface area contributed by atoms with Gasteiger partial charge in [0.15, 0.2) is 0 Å². The standard InChI is InChI=1S/C16H19ClN2OS/c1-10(2)13-8-12(9-15(17)18-13)16(20)19(4)11(3)14-6-5-7-21-14/h5-11H,1-4H3. The molecule has 112 valence electrons. The Morgan fingerprint density at radius 3 is 2.62 bits per heavy atom. The molecule has 0 N–H and O–H groups in total. The largest absolute Gasteiger partial charge is 0.334 e. The quantitative estimate of drug-likeness (QED) is 0.761. The molecule has 0 fully saturated rings. The Bertz CT molecular complexity index is 625. The number of carbonyl (C=O) groups is 1. The third kappa shape index (κ3) is 3.63. The molecule has 2 rings (SSSR count). The zero-order valence-corrected chi connectivity index (χ0v) is 14.2. The summed E-state index contributed by atoms with van der Waals surface area (Å²) in [5, 5.41) is 2.38. The predicted octanol–water partition coefficient (Wildman–Crippen LogP) is 4.75. The summed E-state index contributed by atoms with van der Waals surface area (Å²) in [5.74, 6) is 0.192. The van der Waals surface area contributed by atoms with Crippen molar-refractivity contribution in [3.63, 3.8) is 0 Å². The maximum Gasteiger partial charge on any atom is 0.254 e.